The largest absolute Gasteiger partial charge is 0.415 e. The molecule has 0 radical (unpaired) electrons. The Kier molecular flexibility index (Phi) is 3.29. The molecule has 0 aromatic carbocycles. The van der Waals surface area contributed by atoms with Gasteiger partial charge in [0, 0.05) is 6.20 Å². The molecule has 108 valence electrons. The fourth-order valence-electron chi connectivity index (χ4n) is 1.60. The fourth-order valence-corrected chi connectivity index (χ4v) is 1.60. The summed E-state index contributed by atoms with van der Waals surface area (Å²) in [7, 11) is 0. The highest BCUT2D eigenvalue weighted by atomic mass is 19.4. The maximum atomic E-state index is 12.8. The van der Waals surface area contributed by atoms with E-state index in [9.17, 15) is 13.2 Å². The number of rotatable bonds is 2. The Bertz CT molecular complexity index is 634. The van der Waals surface area contributed by atoms with Gasteiger partial charge in [0.15, 0.2) is 5.54 Å². The van der Waals surface area contributed by atoms with Crippen molar-refractivity contribution in [3.05, 3.63) is 29.3 Å². The van der Waals surface area contributed by atoms with Crippen LogP contribution in [0.15, 0.2) is 16.8 Å². The minimum atomic E-state index is -4.69. The molecule has 0 saturated carbocycles. The second-order valence-corrected chi connectivity index (χ2v) is 4.80. The Morgan fingerprint density at radius 3 is 2.45 bits per heavy atom. The predicted molar refractivity (Wildman–Crippen MR) is 64.6 cm³/mol. The van der Waals surface area contributed by atoms with Crippen molar-refractivity contribution in [1.82, 2.24) is 15.1 Å². The number of pyridine rings is 1. The lowest BCUT2D eigenvalue weighted by Gasteiger charge is -2.22. The fraction of sp³-hybridized carbons (Fsp3) is 0.417. The second-order valence-electron chi connectivity index (χ2n) is 4.80. The van der Waals surface area contributed by atoms with E-state index in [0.29, 0.717) is 5.69 Å². The van der Waals surface area contributed by atoms with E-state index in [1.165, 1.54) is 0 Å². The third-order valence-electron chi connectivity index (χ3n) is 2.89. The number of hydrogen-bond donors (Lipinski definition) is 1. The summed E-state index contributed by atoms with van der Waals surface area (Å²) in [6, 6.07) is 1.82. The van der Waals surface area contributed by atoms with Gasteiger partial charge in [0.1, 0.15) is 5.69 Å². The molecule has 2 heterocycles. The average molecular weight is 286 g/mol. The van der Waals surface area contributed by atoms with Crippen LogP contribution in [0.25, 0.3) is 11.5 Å². The van der Waals surface area contributed by atoms with Crippen LogP contribution in [-0.2, 0) is 5.54 Å². The first-order valence-electron chi connectivity index (χ1n) is 5.76. The van der Waals surface area contributed by atoms with Gasteiger partial charge in [-0.1, -0.05) is 11.2 Å². The summed E-state index contributed by atoms with van der Waals surface area (Å²) in [5.41, 5.74) is 4.56. The molecule has 0 amide bonds. The zero-order valence-corrected chi connectivity index (χ0v) is 11.1. The highest BCUT2D eigenvalue weighted by molar-refractivity contribution is 5.54. The van der Waals surface area contributed by atoms with Crippen LogP contribution >= 0.6 is 0 Å². The summed E-state index contributed by atoms with van der Waals surface area (Å²) < 4.78 is 43.0. The first kappa shape index (κ1) is 14.4. The van der Waals surface area contributed by atoms with Crippen LogP contribution < -0.4 is 5.73 Å². The van der Waals surface area contributed by atoms with Crippen LogP contribution in [-0.4, -0.2) is 21.3 Å². The normalized spacial score (nSPS) is 15.2. The number of alkyl halides is 3. The lowest BCUT2D eigenvalue weighted by molar-refractivity contribution is -0.190. The lowest BCUT2D eigenvalue weighted by atomic mass is 10.0. The SMILES string of the molecule is Cc1cnc(-c2noc(C(C)(N)C(F)(F)F)n2)c(C)c1. The Labute approximate surface area is 113 Å². The third kappa shape index (κ3) is 2.38. The highest BCUT2D eigenvalue weighted by Crippen LogP contribution is 2.36. The molecule has 0 aliphatic carbocycles. The van der Waals surface area contributed by atoms with Crippen LogP contribution in [0, 0.1) is 13.8 Å². The van der Waals surface area contributed by atoms with Gasteiger partial charge in [0.05, 0.1) is 0 Å². The van der Waals surface area contributed by atoms with E-state index in [1.807, 2.05) is 13.0 Å². The minimum absolute atomic E-state index is 0.0153. The van der Waals surface area contributed by atoms with Gasteiger partial charge < -0.3 is 10.3 Å². The molecule has 0 aliphatic rings. The molecule has 5 nitrogen and oxygen atoms in total. The molecule has 0 aliphatic heterocycles. The van der Waals surface area contributed by atoms with Crippen molar-refractivity contribution in [1.29, 1.82) is 0 Å². The van der Waals surface area contributed by atoms with Crippen molar-refractivity contribution < 1.29 is 17.7 Å². The van der Waals surface area contributed by atoms with Gasteiger partial charge in [-0.15, -0.1) is 0 Å². The van der Waals surface area contributed by atoms with E-state index >= 15 is 0 Å². The summed E-state index contributed by atoms with van der Waals surface area (Å²) >= 11 is 0. The molecule has 2 rings (SSSR count). The van der Waals surface area contributed by atoms with Gasteiger partial charge in [-0.2, -0.15) is 18.2 Å². The third-order valence-corrected chi connectivity index (χ3v) is 2.89. The Hall–Kier alpha value is -1.96. The van der Waals surface area contributed by atoms with Gasteiger partial charge in [-0.05, 0) is 31.9 Å². The van der Waals surface area contributed by atoms with Gasteiger partial charge in [-0.3, -0.25) is 4.98 Å². The molecule has 0 saturated heterocycles. The van der Waals surface area contributed by atoms with E-state index in [2.05, 4.69) is 19.6 Å². The van der Waals surface area contributed by atoms with Gasteiger partial charge >= 0.3 is 6.18 Å². The number of aryl methyl sites for hydroxylation is 2. The predicted octanol–water partition coefficient (Wildman–Crippen LogP) is 2.48. The summed E-state index contributed by atoms with van der Waals surface area (Å²) in [6.45, 7) is 4.39. The smallest absolute Gasteiger partial charge is 0.336 e. The van der Waals surface area contributed by atoms with Crippen LogP contribution in [0.4, 0.5) is 13.2 Å². The van der Waals surface area contributed by atoms with E-state index in [1.54, 1.807) is 13.1 Å². The number of hydrogen-bond acceptors (Lipinski definition) is 5. The number of halogens is 3. The zero-order valence-electron chi connectivity index (χ0n) is 11.1. The quantitative estimate of drug-likeness (QED) is 0.917. The summed E-state index contributed by atoms with van der Waals surface area (Å²) in [5, 5.41) is 3.53. The van der Waals surface area contributed by atoms with Crippen molar-refractivity contribution in [3.63, 3.8) is 0 Å². The summed E-state index contributed by atoms with van der Waals surface area (Å²) in [5.74, 6) is -0.708. The van der Waals surface area contributed by atoms with E-state index in [4.69, 9.17) is 5.73 Å². The molecule has 1 atom stereocenters. The number of nitrogens with zero attached hydrogens (tertiary/aromatic N) is 3. The molecule has 8 heteroatoms. The first-order chi connectivity index (χ1) is 9.13. The second kappa shape index (κ2) is 4.55. The molecule has 0 spiro atoms. The Morgan fingerprint density at radius 1 is 1.25 bits per heavy atom. The molecule has 1 unspecified atom stereocenters. The van der Waals surface area contributed by atoms with Crippen molar-refractivity contribution in [2.24, 2.45) is 5.73 Å². The topological polar surface area (TPSA) is 77.8 Å². The van der Waals surface area contributed by atoms with Crippen LogP contribution in [0.1, 0.15) is 23.9 Å². The molecule has 2 aromatic heterocycles. The molecule has 0 bridgehead atoms. The highest BCUT2D eigenvalue weighted by Gasteiger charge is 2.53. The van der Waals surface area contributed by atoms with E-state index in [-0.39, 0.29) is 5.82 Å². The number of aromatic nitrogens is 3. The summed E-state index contributed by atoms with van der Waals surface area (Å²) in [4.78, 5) is 7.82. The Morgan fingerprint density at radius 2 is 1.90 bits per heavy atom. The van der Waals surface area contributed by atoms with Gasteiger partial charge in [0.25, 0.3) is 5.89 Å². The maximum absolute atomic E-state index is 12.8. The average Bonchev–Trinajstić information content (AvgIpc) is 2.77. The van der Waals surface area contributed by atoms with E-state index < -0.39 is 17.6 Å². The Balaban J connectivity index is 2.44. The monoisotopic (exact) mass is 286 g/mol. The zero-order chi connectivity index (χ0) is 15.1. The van der Waals surface area contributed by atoms with Crippen molar-refractivity contribution in [3.8, 4) is 11.5 Å². The standard InChI is InChI=1S/C12H13F3N4O/c1-6-4-7(2)8(17-5-6)9-18-10(20-19-9)11(3,16)12(13,14)15/h4-5H,16H2,1-3H3. The van der Waals surface area contributed by atoms with Crippen LogP contribution in [0.2, 0.25) is 0 Å². The lowest BCUT2D eigenvalue weighted by Crippen LogP contribution is -2.48. The molecular weight excluding hydrogens is 273 g/mol. The van der Waals surface area contributed by atoms with Gasteiger partial charge in [0.2, 0.25) is 5.82 Å². The van der Waals surface area contributed by atoms with Crippen LogP contribution in [0.5, 0.6) is 0 Å². The molecule has 2 aromatic rings. The molecular formula is C12H13F3N4O. The number of nitrogens with two attached hydrogens (primary N) is 1. The molecule has 20 heavy (non-hydrogen) atoms. The molecule has 2 N–H and O–H groups in total. The van der Waals surface area contributed by atoms with Crippen molar-refractivity contribution >= 4 is 0 Å². The maximum Gasteiger partial charge on any atom is 0.415 e. The van der Waals surface area contributed by atoms with E-state index in [0.717, 1.165) is 18.1 Å². The van der Waals surface area contributed by atoms with Crippen molar-refractivity contribution in [2.45, 2.75) is 32.5 Å². The minimum Gasteiger partial charge on any atom is -0.336 e. The summed E-state index contributed by atoms with van der Waals surface area (Å²) in [6.07, 6.45) is -3.11. The molecule has 0 fully saturated rings. The van der Waals surface area contributed by atoms with Crippen molar-refractivity contribution in [2.75, 3.05) is 0 Å². The van der Waals surface area contributed by atoms with Crippen LogP contribution in [0.3, 0.4) is 0 Å². The first-order valence-corrected chi connectivity index (χ1v) is 5.76. The van der Waals surface area contributed by atoms with Gasteiger partial charge in [-0.25, -0.2) is 0 Å².